The van der Waals surface area contributed by atoms with Crippen molar-refractivity contribution >= 4 is 51.7 Å². The van der Waals surface area contributed by atoms with Crippen LogP contribution in [0.2, 0.25) is 10.0 Å². The number of hydrogen-bond donors (Lipinski definition) is 2. The largest absolute Gasteiger partial charge is 0.449 e. The van der Waals surface area contributed by atoms with Gasteiger partial charge in [0.1, 0.15) is 0 Å². The Kier molecular flexibility index (Phi) is 4.97. The lowest BCUT2D eigenvalue weighted by molar-refractivity contribution is -0.123. The molecule has 0 aliphatic rings. The molecule has 3 rings (SSSR count). The number of nitrogens with one attached hydrogen (secondary N) is 2. The lowest BCUT2D eigenvalue weighted by Gasteiger charge is -2.13. The molecule has 0 bridgehead atoms. The smallest absolute Gasteiger partial charge is 0.341 e. The van der Waals surface area contributed by atoms with Crippen LogP contribution < -0.4 is 5.32 Å². The Labute approximate surface area is 153 Å². The summed E-state index contributed by atoms with van der Waals surface area (Å²) in [5, 5.41) is 4.15. The zero-order valence-electron chi connectivity index (χ0n) is 13.2. The van der Waals surface area contributed by atoms with Gasteiger partial charge < -0.3 is 15.0 Å². The summed E-state index contributed by atoms with van der Waals surface area (Å²) < 4.78 is 5.26. The normalized spacial score (nSPS) is 12.0. The van der Waals surface area contributed by atoms with Gasteiger partial charge in [0.15, 0.2) is 6.10 Å². The Bertz CT molecular complexity index is 932. The minimum atomic E-state index is -0.987. The SMILES string of the molecule is C[C@H](OC(=O)c1c[nH]c2ccccc12)C(=O)Nc1cc(Cl)cc(Cl)c1. The Hall–Kier alpha value is -2.50. The lowest BCUT2D eigenvalue weighted by Crippen LogP contribution is -2.29. The predicted octanol–water partition coefficient (Wildman–Crippen LogP) is 4.66. The number of esters is 1. The number of H-pyrrole nitrogens is 1. The van der Waals surface area contributed by atoms with Crippen LogP contribution >= 0.6 is 23.2 Å². The van der Waals surface area contributed by atoms with Gasteiger partial charge in [0.05, 0.1) is 5.56 Å². The van der Waals surface area contributed by atoms with Crippen molar-refractivity contribution < 1.29 is 14.3 Å². The average molecular weight is 377 g/mol. The van der Waals surface area contributed by atoms with E-state index in [4.69, 9.17) is 27.9 Å². The molecule has 1 heterocycles. The van der Waals surface area contributed by atoms with Gasteiger partial charge in [-0.15, -0.1) is 0 Å². The average Bonchev–Trinajstić information content (AvgIpc) is 2.97. The molecule has 1 aromatic heterocycles. The molecule has 0 saturated carbocycles. The van der Waals surface area contributed by atoms with Gasteiger partial charge in [0.25, 0.3) is 5.91 Å². The van der Waals surface area contributed by atoms with Crippen LogP contribution in [0.5, 0.6) is 0 Å². The Morgan fingerprint density at radius 1 is 1.12 bits per heavy atom. The molecule has 0 radical (unpaired) electrons. The number of carbonyl (C=O) groups excluding carboxylic acids is 2. The standard InChI is InChI=1S/C18H14Cl2N2O3/c1-10(17(23)22-13-7-11(19)6-12(20)8-13)25-18(24)15-9-21-16-5-3-2-4-14(15)16/h2-10,21H,1H3,(H,22,23)/t10-/m0/s1. The quantitative estimate of drug-likeness (QED) is 0.650. The monoisotopic (exact) mass is 376 g/mol. The number of aromatic amines is 1. The van der Waals surface area contributed by atoms with Gasteiger partial charge in [-0.2, -0.15) is 0 Å². The fourth-order valence-electron chi connectivity index (χ4n) is 2.39. The van der Waals surface area contributed by atoms with E-state index in [9.17, 15) is 9.59 Å². The molecule has 7 heteroatoms. The summed E-state index contributed by atoms with van der Waals surface area (Å²) in [6, 6.07) is 12.0. The third-order valence-electron chi connectivity index (χ3n) is 3.59. The number of para-hydroxylation sites is 1. The molecule has 0 saturated heterocycles. The lowest BCUT2D eigenvalue weighted by atomic mass is 10.2. The van der Waals surface area contributed by atoms with Crippen molar-refractivity contribution in [3.05, 3.63) is 64.3 Å². The summed E-state index contributed by atoms with van der Waals surface area (Å²) in [4.78, 5) is 27.5. The molecule has 0 aliphatic carbocycles. The molecule has 1 atom stereocenters. The number of hydrogen-bond acceptors (Lipinski definition) is 3. The van der Waals surface area contributed by atoms with Crippen LogP contribution in [0.4, 0.5) is 5.69 Å². The van der Waals surface area contributed by atoms with Crippen molar-refractivity contribution in [1.82, 2.24) is 4.98 Å². The van der Waals surface area contributed by atoms with Gasteiger partial charge in [-0.05, 0) is 31.2 Å². The van der Waals surface area contributed by atoms with E-state index >= 15 is 0 Å². The van der Waals surface area contributed by atoms with E-state index in [0.717, 1.165) is 10.9 Å². The van der Waals surface area contributed by atoms with Gasteiger partial charge in [-0.25, -0.2) is 4.79 Å². The number of anilines is 1. The van der Waals surface area contributed by atoms with Crippen molar-refractivity contribution in [3.63, 3.8) is 0 Å². The number of aromatic nitrogens is 1. The first-order valence-corrected chi connectivity index (χ1v) is 8.23. The minimum Gasteiger partial charge on any atom is -0.449 e. The number of halogens is 2. The molecule has 5 nitrogen and oxygen atoms in total. The maximum atomic E-state index is 12.3. The number of amides is 1. The highest BCUT2D eigenvalue weighted by atomic mass is 35.5. The summed E-state index contributed by atoms with van der Waals surface area (Å²) in [5.74, 6) is -1.06. The molecular formula is C18H14Cl2N2O3. The Balaban J connectivity index is 1.69. The summed E-state index contributed by atoms with van der Waals surface area (Å²) in [6.07, 6.45) is 0.577. The van der Waals surface area contributed by atoms with Crippen molar-refractivity contribution in [2.24, 2.45) is 0 Å². The highest BCUT2D eigenvalue weighted by Gasteiger charge is 2.21. The van der Waals surface area contributed by atoms with Crippen molar-refractivity contribution in [3.8, 4) is 0 Å². The fraction of sp³-hybridized carbons (Fsp3) is 0.111. The maximum absolute atomic E-state index is 12.3. The third-order valence-corrected chi connectivity index (χ3v) is 4.03. The number of benzene rings is 2. The third kappa shape index (κ3) is 3.95. The van der Waals surface area contributed by atoms with Crippen molar-refractivity contribution in [2.75, 3.05) is 5.32 Å². The molecule has 2 aromatic carbocycles. The second-order valence-corrected chi connectivity index (χ2v) is 6.32. The van der Waals surface area contributed by atoms with Crippen LogP contribution in [0.25, 0.3) is 10.9 Å². The molecule has 0 fully saturated rings. The molecule has 0 aliphatic heterocycles. The van der Waals surface area contributed by atoms with Crippen LogP contribution in [0, 0.1) is 0 Å². The highest BCUT2D eigenvalue weighted by Crippen LogP contribution is 2.23. The van der Waals surface area contributed by atoms with Crippen LogP contribution in [0.3, 0.4) is 0 Å². The van der Waals surface area contributed by atoms with E-state index in [0.29, 0.717) is 21.3 Å². The van der Waals surface area contributed by atoms with Gasteiger partial charge in [-0.3, -0.25) is 4.79 Å². The predicted molar refractivity (Wildman–Crippen MR) is 98.3 cm³/mol. The second kappa shape index (κ2) is 7.17. The summed E-state index contributed by atoms with van der Waals surface area (Å²) in [7, 11) is 0. The summed E-state index contributed by atoms with van der Waals surface area (Å²) in [6.45, 7) is 1.49. The molecule has 2 N–H and O–H groups in total. The van der Waals surface area contributed by atoms with Crippen molar-refractivity contribution in [2.45, 2.75) is 13.0 Å². The molecule has 3 aromatic rings. The van der Waals surface area contributed by atoms with E-state index in [1.165, 1.54) is 6.92 Å². The van der Waals surface area contributed by atoms with Gasteiger partial charge in [0.2, 0.25) is 0 Å². The first-order valence-electron chi connectivity index (χ1n) is 7.48. The van der Waals surface area contributed by atoms with E-state index in [1.807, 2.05) is 18.2 Å². The molecule has 25 heavy (non-hydrogen) atoms. The zero-order chi connectivity index (χ0) is 18.0. The number of carbonyl (C=O) groups is 2. The van der Waals surface area contributed by atoms with E-state index < -0.39 is 18.0 Å². The van der Waals surface area contributed by atoms with Crippen LogP contribution in [0.1, 0.15) is 17.3 Å². The first kappa shape index (κ1) is 17.3. The number of fused-ring (bicyclic) bond motifs is 1. The topological polar surface area (TPSA) is 71.2 Å². The van der Waals surface area contributed by atoms with E-state index in [1.54, 1.807) is 30.5 Å². The van der Waals surface area contributed by atoms with Crippen LogP contribution in [-0.4, -0.2) is 23.0 Å². The van der Waals surface area contributed by atoms with Gasteiger partial charge >= 0.3 is 5.97 Å². The molecule has 0 unspecified atom stereocenters. The number of ether oxygens (including phenoxy) is 1. The van der Waals surface area contributed by atoms with Crippen LogP contribution in [-0.2, 0) is 9.53 Å². The zero-order valence-corrected chi connectivity index (χ0v) is 14.7. The van der Waals surface area contributed by atoms with E-state index in [-0.39, 0.29) is 0 Å². The molecule has 128 valence electrons. The van der Waals surface area contributed by atoms with E-state index in [2.05, 4.69) is 10.3 Å². The Morgan fingerprint density at radius 3 is 2.52 bits per heavy atom. The second-order valence-electron chi connectivity index (χ2n) is 5.44. The first-order chi connectivity index (χ1) is 11.9. The number of rotatable bonds is 4. The van der Waals surface area contributed by atoms with Gasteiger partial charge in [-0.1, -0.05) is 41.4 Å². The maximum Gasteiger partial charge on any atom is 0.341 e. The summed E-state index contributed by atoms with van der Waals surface area (Å²) >= 11 is 11.8. The molecular weight excluding hydrogens is 363 g/mol. The minimum absolute atomic E-state index is 0.376. The fourth-order valence-corrected chi connectivity index (χ4v) is 2.91. The van der Waals surface area contributed by atoms with Crippen molar-refractivity contribution in [1.29, 1.82) is 0 Å². The molecule has 1 amide bonds. The van der Waals surface area contributed by atoms with Crippen LogP contribution in [0.15, 0.2) is 48.7 Å². The summed E-state index contributed by atoms with van der Waals surface area (Å²) in [5.41, 5.74) is 1.62. The molecule has 0 spiro atoms. The highest BCUT2D eigenvalue weighted by molar-refractivity contribution is 6.35. The Morgan fingerprint density at radius 2 is 1.80 bits per heavy atom. The van der Waals surface area contributed by atoms with Gasteiger partial charge in [0, 0.05) is 32.8 Å².